The van der Waals surface area contributed by atoms with Crippen LogP contribution in [0.2, 0.25) is 0 Å². The number of hydrogen-bond acceptors (Lipinski definition) is 1. The predicted molar refractivity (Wildman–Crippen MR) is 86.7 cm³/mol. The molecule has 3 rings (SSSR count). The topological polar surface area (TPSA) is 12.0 Å². The molecular formula is C19H35N. The summed E-state index contributed by atoms with van der Waals surface area (Å²) in [5.41, 5.74) is 0. The summed E-state index contributed by atoms with van der Waals surface area (Å²) in [6.07, 6.45) is 11.9. The number of hydrogen-bond donors (Lipinski definition) is 1. The highest BCUT2D eigenvalue weighted by Crippen LogP contribution is 2.45. The van der Waals surface area contributed by atoms with Gasteiger partial charge in [-0.15, -0.1) is 0 Å². The zero-order valence-electron chi connectivity index (χ0n) is 13.9. The van der Waals surface area contributed by atoms with Crippen molar-refractivity contribution < 1.29 is 0 Å². The molecule has 0 spiro atoms. The minimum Gasteiger partial charge on any atom is -0.314 e. The van der Waals surface area contributed by atoms with Crippen LogP contribution in [0.15, 0.2) is 0 Å². The summed E-state index contributed by atoms with van der Waals surface area (Å²) in [7, 11) is 0. The van der Waals surface area contributed by atoms with Gasteiger partial charge in [0.1, 0.15) is 0 Å². The average molecular weight is 277 g/mol. The lowest BCUT2D eigenvalue weighted by Gasteiger charge is -2.44. The number of nitrogens with one attached hydrogen (secondary N) is 1. The Balaban J connectivity index is 1.59. The highest BCUT2D eigenvalue weighted by Gasteiger charge is 2.37. The fourth-order valence-electron chi connectivity index (χ4n) is 4.90. The van der Waals surface area contributed by atoms with Crippen molar-refractivity contribution in [3.05, 3.63) is 0 Å². The van der Waals surface area contributed by atoms with E-state index in [0.29, 0.717) is 0 Å². The van der Waals surface area contributed by atoms with Crippen LogP contribution in [0.25, 0.3) is 0 Å². The van der Waals surface area contributed by atoms with Crippen molar-refractivity contribution in [3.63, 3.8) is 0 Å². The van der Waals surface area contributed by atoms with E-state index in [1.165, 1.54) is 57.9 Å². The van der Waals surface area contributed by atoms with Crippen LogP contribution in [-0.4, -0.2) is 12.6 Å². The Morgan fingerprint density at radius 3 is 2.30 bits per heavy atom. The second-order valence-electron chi connectivity index (χ2n) is 8.55. The van der Waals surface area contributed by atoms with Crippen molar-refractivity contribution in [3.8, 4) is 0 Å². The van der Waals surface area contributed by atoms with E-state index in [9.17, 15) is 0 Å². The van der Waals surface area contributed by atoms with Crippen molar-refractivity contribution in [2.24, 2.45) is 35.5 Å². The Bertz CT molecular complexity index is 309. The molecule has 0 bridgehead atoms. The second kappa shape index (κ2) is 6.38. The zero-order chi connectivity index (χ0) is 14.1. The molecule has 6 atom stereocenters. The molecular weight excluding hydrogens is 242 g/mol. The van der Waals surface area contributed by atoms with Gasteiger partial charge in [-0.3, -0.25) is 0 Å². The largest absolute Gasteiger partial charge is 0.314 e. The van der Waals surface area contributed by atoms with Crippen molar-refractivity contribution >= 4 is 0 Å². The van der Waals surface area contributed by atoms with Gasteiger partial charge in [-0.1, -0.05) is 33.6 Å². The zero-order valence-corrected chi connectivity index (χ0v) is 13.9. The molecule has 0 radical (unpaired) electrons. The molecule has 3 fully saturated rings. The first-order valence-electron chi connectivity index (χ1n) is 9.37. The predicted octanol–water partition coefficient (Wildman–Crippen LogP) is 4.86. The molecule has 0 saturated heterocycles. The molecule has 3 aliphatic rings. The van der Waals surface area contributed by atoms with E-state index in [2.05, 4.69) is 26.1 Å². The van der Waals surface area contributed by atoms with Crippen LogP contribution in [-0.2, 0) is 0 Å². The fraction of sp³-hybridized carbons (Fsp3) is 1.00. The molecule has 0 aromatic heterocycles. The summed E-state index contributed by atoms with van der Waals surface area (Å²) in [6.45, 7) is 8.78. The molecule has 20 heavy (non-hydrogen) atoms. The molecule has 1 nitrogen and oxygen atoms in total. The van der Waals surface area contributed by atoms with Crippen LogP contribution in [0.3, 0.4) is 0 Å². The van der Waals surface area contributed by atoms with Gasteiger partial charge in [0, 0.05) is 6.04 Å². The van der Waals surface area contributed by atoms with Crippen molar-refractivity contribution in [2.45, 2.75) is 78.2 Å². The summed E-state index contributed by atoms with van der Waals surface area (Å²) in [5, 5.41) is 3.83. The van der Waals surface area contributed by atoms with Gasteiger partial charge in [-0.25, -0.2) is 0 Å². The monoisotopic (exact) mass is 277 g/mol. The molecule has 0 heterocycles. The standard InChI is InChI=1S/C19H35N/c1-13-4-6-17(12-20-18-8-9-18)19(10-13)16-7-5-14(2)15(3)11-16/h13-20H,4-12H2,1-3H3. The van der Waals surface area contributed by atoms with E-state index >= 15 is 0 Å². The lowest BCUT2D eigenvalue weighted by Crippen LogP contribution is -2.39. The summed E-state index contributed by atoms with van der Waals surface area (Å²) in [4.78, 5) is 0. The van der Waals surface area contributed by atoms with E-state index in [1.54, 1.807) is 0 Å². The Hall–Kier alpha value is -0.0400. The van der Waals surface area contributed by atoms with Crippen LogP contribution < -0.4 is 5.32 Å². The Morgan fingerprint density at radius 1 is 0.800 bits per heavy atom. The van der Waals surface area contributed by atoms with Gasteiger partial charge in [0.25, 0.3) is 0 Å². The van der Waals surface area contributed by atoms with Crippen molar-refractivity contribution in [2.75, 3.05) is 6.54 Å². The van der Waals surface area contributed by atoms with Crippen LogP contribution >= 0.6 is 0 Å². The van der Waals surface area contributed by atoms with E-state index in [4.69, 9.17) is 0 Å². The third kappa shape index (κ3) is 3.59. The first kappa shape index (κ1) is 14.9. The summed E-state index contributed by atoms with van der Waals surface area (Å²) >= 11 is 0. The third-order valence-electron chi connectivity index (χ3n) is 6.80. The molecule has 0 aromatic carbocycles. The lowest BCUT2D eigenvalue weighted by molar-refractivity contribution is 0.0701. The Morgan fingerprint density at radius 2 is 1.60 bits per heavy atom. The van der Waals surface area contributed by atoms with E-state index in [1.807, 2.05) is 0 Å². The smallest absolute Gasteiger partial charge is 0.00683 e. The third-order valence-corrected chi connectivity index (χ3v) is 6.80. The highest BCUT2D eigenvalue weighted by atomic mass is 14.9. The SMILES string of the molecule is CC1CCC(CNC2CC2)C(C2CCC(C)C(C)C2)C1. The Kier molecular flexibility index (Phi) is 4.75. The molecule has 0 amide bonds. The van der Waals surface area contributed by atoms with Gasteiger partial charge in [0.2, 0.25) is 0 Å². The van der Waals surface area contributed by atoms with E-state index in [0.717, 1.165) is 41.5 Å². The Labute approximate surface area is 126 Å². The fourth-order valence-corrected chi connectivity index (χ4v) is 4.90. The first-order valence-corrected chi connectivity index (χ1v) is 9.37. The van der Waals surface area contributed by atoms with Gasteiger partial charge in [0.15, 0.2) is 0 Å². The highest BCUT2D eigenvalue weighted by molar-refractivity contribution is 4.90. The molecule has 1 N–H and O–H groups in total. The molecule has 6 unspecified atom stereocenters. The molecule has 3 aliphatic carbocycles. The van der Waals surface area contributed by atoms with Gasteiger partial charge < -0.3 is 5.32 Å². The van der Waals surface area contributed by atoms with E-state index < -0.39 is 0 Å². The van der Waals surface area contributed by atoms with Gasteiger partial charge in [-0.2, -0.15) is 0 Å². The molecule has 0 aliphatic heterocycles. The molecule has 1 heteroatoms. The van der Waals surface area contributed by atoms with Crippen molar-refractivity contribution in [1.82, 2.24) is 5.32 Å². The maximum absolute atomic E-state index is 3.83. The number of rotatable bonds is 4. The average Bonchev–Trinajstić information content (AvgIpc) is 3.24. The quantitative estimate of drug-likeness (QED) is 0.773. The first-order chi connectivity index (χ1) is 9.63. The normalized spacial score (nSPS) is 46.4. The summed E-state index contributed by atoms with van der Waals surface area (Å²) < 4.78 is 0. The van der Waals surface area contributed by atoms with Crippen LogP contribution in [0.1, 0.15) is 72.1 Å². The minimum absolute atomic E-state index is 0.889. The molecule has 116 valence electrons. The maximum atomic E-state index is 3.83. The second-order valence-corrected chi connectivity index (χ2v) is 8.55. The van der Waals surface area contributed by atoms with Crippen LogP contribution in [0.4, 0.5) is 0 Å². The van der Waals surface area contributed by atoms with Gasteiger partial charge >= 0.3 is 0 Å². The van der Waals surface area contributed by atoms with Gasteiger partial charge in [-0.05, 0) is 80.6 Å². The van der Waals surface area contributed by atoms with Crippen molar-refractivity contribution in [1.29, 1.82) is 0 Å². The van der Waals surface area contributed by atoms with Crippen LogP contribution in [0, 0.1) is 35.5 Å². The van der Waals surface area contributed by atoms with E-state index in [-0.39, 0.29) is 0 Å². The maximum Gasteiger partial charge on any atom is 0.00683 e. The van der Waals surface area contributed by atoms with Crippen LogP contribution in [0.5, 0.6) is 0 Å². The summed E-state index contributed by atoms with van der Waals surface area (Å²) in [5.74, 6) is 5.96. The lowest BCUT2D eigenvalue weighted by atomic mass is 9.62. The minimum atomic E-state index is 0.889. The summed E-state index contributed by atoms with van der Waals surface area (Å²) in [6, 6.07) is 0.889. The molecule has 0 aromatic rings. The van der Waals surface area contributed by atoms with Gasteiger partial charge in [0.05, 0.1) is 0 Å². The molecule has 3 saturated carbocycles.